The molecule has 1 aliphatic heterocycles. The van der Waals surface area contributed by atoms with Crippen molar-refractivity contribution in [1.29, 1.82) is 0 Å². The quantitative estimate of drug-likeness (QED) is 0.700. The Morgan fingerprint density at radius 2 is 1.21 bits per heavy atom. The van der Waals surface area contributed by atoms with Gasteiger partial charge in [0.15, 0.2) is 0 Å². The zero-order valence-electron chi connectivity index (χ0n) is 14.1. The molecule has 19 heavy (non-hydrogen) atoms. The highest BCUT2D eigenvalue weighted by atomic mass is 16.5. The van der Waals surface area contributed by atoms with Gasteiger partial charge in [-0.25, -0.2) is 0 Å². The molecule has 1 heterocycles. The number of hydroxylamine groups is 2. The van der Waals surface area contributed by atoms with Crippen LogP contribution >= 0.6 is 0 Å². The van der Waals surface area contributed by atoms with Crippen molar-refractivity contribution in [2.24, 2.45) is 0 Å². The van der Waals surface area contributed by atoms with Gasteiger partial charge in [0.2, 0.25) is 0 Å². The fraction of sp³-hybridized carbons (Fsp3) is 1.00. The van der Waals surface area contributed by atoms with Crippen LogP contribution in [0.3, 0.4) is 0 Å². The molecule has 1 saturated heterocycles. The van der Waals surface area contributed by atoms with Gasteiger partial charge < -0.3 is 4.48 Å². The van der Waals surface area contributed by atoms with E-state index in [2.05, 4.69) is 48.8 Å². The Kier molecular flexibility index (Phi) is 5.09. The molecule has 0 aromatic heterocycles. The summed E-state index contributed by atoms with van der Waals surface area (Å²) in [5.74, 6) is 0. The highest BCUT2D eigenvalue weighted by Crippen LogP contribution is 2.46. The van der Waals surface area contributed by atoms with Crippen molar-refractivity contribution in [3.8, 4) is 0 Å². The van der Waals surface area contributed by atoms with E-state index in [0.717, 1.165) is 43.0 Å². The van der Waals surface area contributed by atoms with Gasteiger partial charge in [0, 0.05) is 12.8 Å². The van der Waals surface area contributed by atoms with Crippen LogP contribution in [0.25, 0.3) is 0 Å². The summed E-state index contributed by atoms with van der Waals surface area (Å²) in [5.41, 5.74) is -0.305. The molecular formula is C16H34N2O+. The minimum atomic E-state index is -0.152. The maximum absolute atomic E-state index is 13.1. The monoisotopic (exact) mass is 270 g/mol. The second-order valence-corrected chi connectivity index (χ2v) is 7.34. The topological polar surface area (TPSA) is 23.1 Å². The third kappa shape index (κ3) is 2.84. The standard InChI is InChI=1S/C16H34N2O/c1-8-15(9-2)12-14(18(5,6)7)13-16(10-3,11-4)17(15)19/h14H,8-13H2,1-7H3/q+1. The second-order valence-electron chi connectivity index (χ2n) is 7.34. The lowest BCUT2D eigenvalue weighted by Crippen LogP contribution is -2.67. The van der Waals surface area contributed by atoms with E-state index >= 15 is 0 Å². The Hall–Kier alpha value is -0.120. The number of hydrogen-bond donors (Lipinski definition) is 0. The first-order valence-electron chi connectivity index (χ1n) is 8.00. The Morgan fingerprint density at radius 3 is 1.42 bits per heavy atom. The molecule has 0 unspecified atom stereocenters. The van der Waals surface area contributed by atoms with Crippen molar-refractivity contribution in [1.82, 2.24) is 5.06 Å². The van der Waals surface area contributed by atoms with Crippen molar-refractivity contribution in [3.63, 3.8) is 0 Å². The van der Waals surface area contributed by atoms with E-state index in [1.54, 1.807) is 0 Å². The fourth-order valence-electron chi connectivity index (χ4n) is 3.82. The Morgan fingerprint density at radius 1 is 0.895 bits per heavy atom. The average molecular weight is 270 g/mol. The molecule has 0 N–H and O–H groups in total. The Bertz CT molecular complexity index is 266. The molecule has 0 aliphatic carbocycles. The van der Waals surface area contributed by atoms with Crippen molar-refractivity contribution in [3.05, 3.63) is 0 Å². The molecule has 0 bridgehead atoms. The van der Waals surface area contributed by atoms with E-state index in [4.69, 9.17) is 0 Å². The van der Waals surface area contributed by atoms with Gasteiger partial charge in [-0.1, -0.05) is 27.7 Å². The Labute approximate surface area is 120 Å². The summed E-state index contributed by atoms with van der Waals surface area (Å²) in [5, 5.41) is 14.6. The molecule has 1 aliphatic rings. The summed E-state index contributed by atoms with van der Waals surface area (Å²) in [7, 11) is 6.83. The summed E-state index contributed by atoms with van der Waals surface area (Å²) < 4.78 is 0.970. The van der Waals surface area contributed by atoms with Crippen LogP contribution in [0, 0.1) is 0 Å². The molecule has 0 amide bonds. The minimum Gasteiger partial charge on any atom is -0.328 e. The van der Waals surface area contributed by atoms with Crippen LogP contribution in [0.4, 0.5) is 0 Å². The van der Waals surface area contributed by atoms with Gasteiger partial charge in [-0.2, -0.15) is 0 Å². The molecule has 0 spiro atoms. The lowest BCUT2D eigenvalue weighted by molar-refractivity contribution is -0.900. The van der Waals surface area contributed by atoms with Gasteiger partial charge in [0.1, 0.15) is 0 Å². The lowest BCUT2D eigenvalue weighted by Gasteiger charge is -2.57. The van der Waals surface area contributed by atoms with Gasteiger partial charge in [-0.3, -0.25) is 0 Å². The molecule has 1 fully saturated rings. The van der Waals surface area contributed by atoms with E-state index < -0.39 is 0 Å². The number of nitrogens with zero attached hydrogens (tertiary/aromatic N) is 2. The Balaban J connectivity index is 3.22. The SMILES string of the molecule is CCC1(CC)CC([N+](C)(C)C)CC(CC)(CC)N1[O]. The largest absolute Gasteiger partial charge is 0.328 e. The first-order valence-corrected chi connectivity index (χ1v) is 8.00. The molecule has 0 aromatic carbocycles. The molecule has 1 rings (SSSR count). The third-order valence-electron chi connectivity index (χ3n) is 5.82. The summed E-state index contributed by atoms with van der Waals surface area (Å²) in [6, 6.07) is 0.588. The van der Waals surface area contributed by atoms with Crippen molar-refractivity contribution >= 4 is 0 Å². The van der Waals surface area contributed by atoms with Gasteiger partial charge in [0.25, 0.3) is 0 Å². The summed E-state index contributed by atoms with van der Waals surface area (Å²) in [4.78, 5) is 0. The highest BCUT2D eigenvalue weighted by Gasteiger charge is 2.55. The highest BCUT2D eigenvalue weighted by molar-refractivity contribution is 5.03. The number of rotatable bonds is 5. The van der Waals surface area contributed by atoms with Gasteiger partial charge >= 0.3 is 0 Å². The van der Waals surface area contributed by atoms with Crippen LogP contribution in [0.2, 0.25) is 0 Å². The summed E-state index contributed by atoms with van der Waals surface area (Å²) in [6.07, 6.45) is 5.93. The molecule has 113 valence electrons. The number of piperidine rings is 1. The third-order valence-corrected chi connectivity index (χ3v) is 5.82. The van der Waals surface area contributed by atoms with Gasteiger partial charge in [0.05, 0.1) is 38.3 Å². The van der Waals surface area contributed by atoms with E-state index in [1.807, 2.05) is 0 Å². The smallest absolute Gasteiger partial charge is 0.0921 e. The van der Waals surface area contributed by atoms with E-state index in [-0.39, 0.29) is 11.1 Å². The summed E-state index contributed by atoms with van der Waals surface area (Å²) >= 11 is 0. The molecule has 3 heteroatoms. The van der Waals surface area contributed by atoms with Crippen molar-refractivity contribution in [2.75, 3.05) is 21.1 Å². The van der Waals surface area contributed by atoms with Crippen LogP contribution < -0.4 is 0 Å². The van der Waals surface area contributed by atoms with Crippen LogP contribution in [-0.4, -0.2) is 47.8 Å². The lowest BCUT2D eigenvalue weighted by atomic mass is 9.70. The van der Waals surface area contributed by atoms with Crippen LogP contribution in [0.1, 0.15) is 66.2 Å². The first-order chi connectivity index (χ1) is 8.71. The average Bonchev–Trinajstić information content (AvgIpc) is 2.38. The van der Waals surface area contributed by atoms with Crippen molar-refractivity contribution < 1.29 is 9.69 Å². The van der Waals surface area contributed by atoms with Crippen molar-refractivity contribution in [2.45, 2.75) is 83.3 Å². The molecular weight excluding hydrogens is 236 g/mol. The molecule has 1 radical (unpaired) electrons. The predicted molar refractivity (Wildman–Crippen MR) is 80.2 cm³/mol. The summed E-state index contributed by atoms with van der Waals surface area (Å²) in [6.45, 7) is 8.73. The van der Waals surface area contributed by atoms with E-state index in [0.29, 0.717) is 6.04 Å². The predicted octanol–water partition coefficient (Wildman–Crippen LogP) is 3.62. The van der Waals surface area contributed by atoms with E-state index in [1.165, 1.54) is 5.06 Å². The maximum Gasteiger partial charge on any atom is 0.0921 e. The van der Waals surface area contributed by atoms with Gasteiger partial charge in [-0.05, 0) is 25.7 Å². The normalized spacial score (nSPS) is 24.6. The first kappa shape index (κ1) is 16.9. The van der Waals surface area contributed by atoms with Crippen LogP contribution in [-0.2, 0) is 5.21 Å². The number of quaternary nitrogens is 1. The van der Waals surface area contributed by atoms with Gasteiger partial charge in [-0.15, -0.1) is 10.3 Å². The van der Waals surface area contributed by atoms with Crippen LogP contribution in [0.15, 0.2) is 0 Å². The molecule has 0 atom stereocenters. The van der Waals surface area contributed by atoms with E-state index in [9.17, 15) is 5.21 Å². The zero-order chi connectivity index (χ0) is 14.9. The van der Waals surface area contributed by atoms with Crippen LogP contribution in [0.5, 0.6) is 0 Å². The molecule has 0 aromatic rings. The molecule has 3 nitrogen and oxygen atoms in total. The second kappa shape index (κ2) is 5.71. The zero-order valence-corrected chi connectivity index (χ0v) is 14.1. The molecule has 0 saturated carbocycles. The minimum absolute atomic E-state index is 0.152. The maximum atomic E-state index is 13.1. The fourth-order valence-corrected chi connectivity index (χ4v) is 3.82. The number of hydrogen-bond acceptors (Lipinski definition) is 1.